The van der Waals surface area contributed by atoms with Crippen molar-refractivity contribution >= 4 is 32.3 Å². The lowest BCUT2D eigenvalue weighted by Gasteiger charge is -2.08. The maximum atomic E-state index is 13.9. The van der Waals surface area contributed by atoms with Gasteiger partial charge in [0.2, 0.25) is 9.84 Å². The molecule has 7 heteroatoms. The van der Waals surface area contributed by atoms with Crippen molar-refractivity contribution in [2.24, 2.45) is 0 Å². The Morgan fingerprint density at radius 1 is 1.15 bits per heavy atom. The van der Waals surface area contributed by atoms with Crippen LogP contribution in [0.4, 0.5) is 4.39 Å². The summed E-state index contributed by atoms with van der Waals surface area (Å²) in [5.74, 6) is -1.50. The molecule has 3 aromatic rings. The molecule has 1 N–H and O–H groups in total. The van der Waals surface area contributed by atoms with E-state index in [0.717, 1.165) is 5.56 Å². The first kappa shape index (κ1) is 17.5. The van der Waals surface area contributed by atoms with Crippen LogP contribution in [0, 0.1) is 19.7 Å². The summed E-state index contributed by atoms with van der Waals surface area (Å²) in [7, 11) is -3.62. The summed E-state index contributed by atoms with van der Waals surface area (Å²) in [5.41, 5.74) is 3.49. The molecule has 0 unspecified atom stereocenters. The number of benzene rings is 2. The fourth-order valence-corrected chi connectivity index (χ4v) is 5.21. The second-order valence-corrected chi connectivity index (χ2v) is 8.44. The molecule has 2 aromatic carbocycles. The molecule has 0 amide bonds. The lowest BCUT2D eigenvalue weighted by Crippen LogP contribution is -2.10. The fourth-order valence-electron chi connectivity index (χ4n) is 3.70. The van der Waals surface area contributed by atoms with Gasteiger partial charge in [-0.1, -0.05) is 12.1 Å². The molecule has 1 aliphatic heterocycles. The number of sulfone groups is 1. The minimum Gasteiger partial charge on any atom is -0.480 e. The molecule has 0 saturated heterocycles. The summed E-state index contributed by atoms with van der Waals surface area (Å²) in [4.78, 5) is 11.5. The summed E-state index contributed by atoms with van der Waals surface area (Å²) in [6.07, 6.45) is 0. The van der Waals surface area contributed by atoms with Crippen LogP contribution in [0.1, 0.15) is 22.4 Å². The van der Waals surface area contributed by atoms with Crippen molar-refractivity contribution in [1.29, 1.82) is 0 Å². The van der Waals surface area contributed by atoms with Gasteiger partial charge in [-0.05, 0) is 43.7 Å². The topological polar surface area (TPSA) is 76.4 Å². The first-order chi connectivity index (χ1) is 12.7. The quantitative estimate of drug-likeness (QED) is 0.747. The number of hydrogen-bond donors (Lipinski definition) is 1. The zero-order valence-electron chi connectivity index (χ0n) is 14.7. The molecule has 0 spiro atoms. The predicted octanol–water partition coefficient (Wildman–Crippen LogP) is 3.66. The average molecular weight is 385 g/mol. The molecule has 1 aromatic heterocycles. The van der Waals surface area contributed by atoms with Gasteiger partial charge in [-0.2, -0.15) is 0 Å². The number of carbonyl (C=O) groups is 1. The number of aromatic nitrogens is 1. The van der Waals surface area contributed by atoms with Gasteiger partial charge >= 0.3 is 5.97 Å². The minimum atomic E-state index is -3.62. The van der Waals surface area contributed by atoms with Gasteiger partial charge in [0.25, 0.3) is 0 Å². The molecule has 2 heterocycles. The fraction of sp³-hybridized carbons (Fsp3) is 0.150. The summed E-state index contributed by atoms with van der Waals surface area (Å²) in [5, 5.41) is 10.9. The highest BCUT2D eigenvalue weighted by molar-refractivity contribution is 7.95. The van der Waals surface area contributed by atoms with Gasteiger partial charge in [0.05, 0.1) is 4.90 Å². The van der Waals surface area contributed by atoms with Crippen LogP contribution in [0.5, 0.6) is 0 Å². The maximum Gasteiger partial charge on any atom is 0.323 e. The van der Waals surface area contributed by atoms with Gasteiger partial charge in [-0.25, -0.2) is 12.8 Å². The number of carboxylic acid groups (broad SMARTS) is 1. The second-order valence-electron chi connectivity index (χ2n) is 6.68. The third kappa shape index (κ3) is 2.66. The molecular weight excluding hydrogens is 369 g/mol. The number of fused-ring (bicyclic) bond motifs is 2. The molecule has 138 valence electrons. The molecular formula is C20H16FNO4S. The number of aliphatic carboxylic acids is 1. The first-order valence-electron chi connectivity index (χ1n) is 8.27. The molecule has 27 heavy (non-hydrogen) atoms. The normalized spacial score (nSPS) is 15.0. The Morgan fingerprint density at radius 3 is 2.59 bits per heavy atom. The zero-order chi connectivity index (χ0) is 19.5. The highest BCUT2D eigenvalue weighted by Crippen LogP contribution is 2.42. The molecule has 0 atom stereocenters. The van der Waals surface area contributed by atoms with Crippen LogP contribution in [0.25, 0.3) is 16.5 Å². The van der Waals surface area contributed by atoms with E-state index in [-0.39, 0.29) is 11.4 Å². The molecule has 4 rings (SSSR count). The van der Waals surface area contributed by atoms with Crippen LogP contribution < -0.4 is 0 Å². The average Bonchev–Trinajstić information content (AvgIpc) is 2.98. The van der Waals surface area contributed by atoms with Crippen molar-refractivity contribution in [3.8, 4) is 0 Å². The molecule has 5 nitrogen and oxygen atoms in total. The Hall–Kier alpha value is -2.93. The maximum absolute atomic E-state index is 13.9. The monoisotopic (exact) mass is 385 g/mol. The molecule has 0 aliphatic carbocycles. The Bertz CT molecular complexity index is 1270. The highest BCUT2D eigenvalue weighted by Gasteiger charge is 2.31. The van der Waals surface area contributed by atoms with Crippen molar-refractivity contribution in [1.82, 2.24) is 4.57 Å². The van der Waals surface area contributed by atoms with Gasteiger partial charge in [0.1, 0.15) is 12.4 Å². The van der Waals surface area contributed by atoms with E-state index in [4.69, 9.17) is 0 Å². The molecule has 0 saturated carbocycles. The first-order valence-corrected chi connectivity index (χ1v) is 9.82. The standard InChI is InChI=1S/C20H16FNO4S/c1-11-3-5-14-16(10-27(25,26)18(14)7-11)20-12(2)22(9-19(23)24)17-6-4-13(21)8-15(17)20/h3-8,10H,9H2,1-2H3,(H,23,24). The third-order valence-corrected chi connectivity index (χ3v) is 6.35. The Labute approximate surface area is 155 Å². The van der Waals surface area contributed by atoms with E-state index < -0.39 is 21.6 Å². The van der Waals surface area contributed by atoms with Crippen LogP contribution >= 0.6 is 0 Å². The molecule has 1 aliphatic rings. The van der Waals surface area contributed by atoms with Crippen molar-refractivity contribution < 1.29 is 22.7 Å². The Kier molecular flexibility index (Phi) is 3.75. The molecule has 0 bridgehead atoms. The largest absolute Gasteiger partial charge is 0.480 e. The van der Waals surface area contributed by atoms with Gasteiger partial charge in [0.15, 0.2) is 0 Å². The Balaban J connectivity index is 2.08. The zero-order valence-corrected chi connectivity index (χ0v) is 15.5. The SMILES string of the molecule is Cc1ccc2c(c1)S(=O)(=O)C=C2c1c(C)n(CC(=O)O)c2ccc(F)cc12. The highest BCUT2D eigenvalue weighted by atomic mass is 32.2. The Morgan fingerprint density at radius 2 is 1.89 bits per heavy atom. The van der Waals surface area contributed by atoms with Crippen LogP contribution in [-0.2, 0) is 21.2 Å². The van der Waals surface area contributed by atoms with Gasteiger partial charge in [0, 0.05) is 38.7 Å². The van der Waals surface area contributed by atoms with Crippen molar-refractivity contribution in [3.63, 3.8) is 0 Å². The van der Waals surface area contributed by atoms with E-state index in [1.165, 1.54) is 23.6 Å². The van der Waals surface area contributed by atoms with E-state index >= 15 is 0 Å². The third-order valence-electron chi connectivity index (χ3n) is 4.85. The predicted molar refractivity (Wildman–Crippen MR) is 99.7 cm³/mol. The summed E-state index contributed by atoms with van der Waals surface area (Å²) >= 11 is 0. The van der Waals surface area contributed by atoms with Crippen LogP contribution in [-0.4, -0.2) is 24.1 Å². The number of nitrogens with zero attached hydrogens (tertiary/aromatic N) is 1. The molecule has 0 fully saturated rings. The van der Waals surface area contributed by atoms with E-state index in [1.54, 1.807) is 23.6 Å². The number of rotatable bonds is 3. The number of carboxylic acids is 1. The number of hydrogen-bond acceptors (Lipinski definition) is 3. The lowest BCUT2D eigenvalue weighted by molar-refractivity contribution is -0.137. The van der Waals surface area contributed by atoms with E-state index in [1.807, 2.05) is 13.0 Å². The van der Waals surface area contributed by atoms with E-state index in [2.05, 4.69) is 0 Å². The van der Waals surface area contributed by atoms with Gasteiger partial charge < -0.3 is 9.67 Å². The minimum absolute atomic E-state index is 0.215. The lowest BCUT2D eigenvalue weighted by atomic mass is 9.96. The second kappa shape index (κ2) is 5.79. The van der Waals surface area contributed by atoms with Crippen LogP contribution in [0.2, 0.25) is 0 Å². The summed E-state index contributed by atoms with van der Waals surface area (Å²) in [6, 6.07) is 9.27. The smallest absolute Gasteiger partial charge is 0.323 e. The van der Waals surface area contributed by atoms with Gasteiger partial charge in [-0.3, -0.25) is 4.79 Å². The van der Waals surface area contributed by atoms with Crippen molar-refractivity contribution in [2.45, 2.75) is 25.3 Å². The summed E-state index contributed by atoms with van der Waals surface area (Å²) in [6.45, 7) is 3.23. The number of aryl methyl sites for hydroxylation is 1. The summed E-state index contributed by atoms with van der Waals surface area (Å²) < 4.78 is 40.8. The van der Waals surface area contributed by atoms with Crippen LogP contribution in [0.3, 0.4) is 0 Å². The van der Waals surface area contributed by atoms with E-state index in [0.29, 0.717) is 33.3 Å². The van der Waals surface area contributed by atoms with Gasteiger partial charge in [-0.15, -0.1) is 0 Å². The number of halogens is 1. The van der Waals surface area contributed by atoms with Crippen molar-refractivity contribution in [2.75, 3.05) is 0 Å². The van der Waals surface area contributed by atoms with Crippen molar-refractivity contribution in [3.05, 3.63) is 70.0 Å². The van der Waals surface area contributed by atoms with E-state index in [9.17, 15) is 22.7 Å². The molecule has 0 radical (unpaired) electrons. The van der Waals surface area contributed by atoms with Crippen LogP contribution in [0.15, 0.2) is 46.7 Å².